The van der Waals surface area contributed by atoms with Crippen LogP contribution in [0.15, 0.2) is 18.2 Å². The van der Waals surface area contributed by atoms with E-state index in [-0.39, 0.29) is 22.8 Å². The van der Waals surface area contributed by atoms with Gasteiger partial charge in [0, 0.05) is 6.07 Å². The minimum Gasteiger partial charge on any atom is -0.490 e. The number of Topliss-reactive ketones (excluding diaryl/α,β-unsaturated/α-hetero) is 1. The van der Waals surface area contributed by atoms with Gasteiger partial charge in [0.25, 0.3) is 5.91 Å². The summed E-state index contributed by atoms with van der Waals surface area (Å²) in [6.07, 6.45) is 0. The summed E-state index contributed by atoms with van der Waals surface area (Å²) in [6.45, 7) is 2.87. The molecule has 102 valence electrons. The lowest BCUT2D eigenvalue weighted by Gasteiger charge is -2.12. The normalized spacial score (nSPS) is 11.5. The number of ether oxygens (including phenoxy) is 1. The van der Waals surface area contributed by atoms with E-state index in [1.54, 1.807) is 0 Å². The number of nitro benzene ring substituents is 1. The van der Waals surface area contributed by atoms with Crippen molar-refractivity contribution < 1.29 is 19.2 Å². The van der Waals surface area contributed by atoms with E-state index < -0.39 is 16.9 Å². The van der Waals surface area contributed by atoms with Crippen LogP contribution in [0.2, 0.25) is 0 Å². The van der Waals surface area contributed by atoms with Crippen molar-refractivity contribution in [3.8, 4) is 5.75 Å². The van der Waals surface area contributed by atoms with Crippen molar-refractivity contribution in [1.82, 2.24) is 5.32 Å². The highest BCUT2D eigenvalue weighted by molar-refractivity contribution is 6.00. The van der Waals surface area contributed by atoms with Gasteiger partial charge in [0.05, 0.1) is 23.6 Å². The standard InChI is InChI=1S/C12H14N2O5/c1-7(8(2)15)13-12(16)9-5-4-6-10(14(17)18)11(9)19-3/h4-7H,1-3H3,(H,13,16). The number of nitro groups is 1. The zero-order valence-corrected chi connectivity index (χ0v) is 10.8. The molecule has 7 nitrogen and oxygen atoms in total. The number of carbonyl (C=O) groups excluding carboxylic acids is 2. The highest BCUT2D eigenvalue weighted by atomic mass is 16.6. The summed E-state index contributed by atoms with van der Waals surface area (Å²) in [4.78, 5) is 33.2. The SMILES string of the molecule is COc1c(C(=O)NC(C)C(C)=O)cccc1[N+](=O)[O-]. The van der Waals surface area contributed by atoms with Crippen LogP contribution in [0.25, 0.3) is 0 Å². The summed E-state index contributed by atoms with van der Waals surface area (Å²) in [5, 5.41) is 13.3. The van der Waals surface area contributed by atoms with Crippen LogP contribution >= 0.6 is 0 Å². The first-order valence-corrected chi connectivity index (χ1v) is 5.51. The van der Waals surface area contributed by atoms with Crippen molar-refractivity contribution >= 4 is 17.4 Å². The van der Waals surface area contributed by atoms with E-state index in [4.69, 9.17) is 4.74 Å². The molecule has 1 aromatic rings. The first-order chi connectivity index (χ1) is 8.88. The lowest BCUT2D eigenvalue weighted by Crippen LogP contribution is -2.37. The number of methoxy groups -OCH3 is 1. The Hall–Kier alpha value is -2.44. The topological polar surface area (TPSA) is 98.5 Å². The molecular formula is C12H14N2O5. The third-order valence-electron chi connectivity index (χ3n) is 2.60. The fraction of sp³-hybridized carbons (Fsp3) is 0.333. The molecule has 1 unspecified atom stereocenters. The molecule has 1 rings (SSSR count). The van der Waals surface area contributed by atoms with E-state index in [0.717, 1.165) is 0 Å². The van der Waals surface area contributed by atoms with Crippen molar-refractivity contribution in [2.45, 2.75) is 19.9 Å². The molecule has 0 bridgehead atoms. The van der Waals surface area contributed by atoms with Gasteiger partial charge in [-0.2, -0.15) is 0 Å². The number of hydrogen-bond donors (Lipinski definition) is 1. The molecule has 0 radical (unpaired) electrons. The zero-order valence-electron chi connectivity index (χ0n) is 10.8. The molecule has 1 N–H and O–H groups in total. The van der Waals surface area contributed by atoms with Gasteiger partial charge in [-0.05, 0) is 19.9 Å². The fourth-order valence-electron chi connectivity index (χ4n) is 1.44. The monoisotopic (exact) mass is 266 g/mol. The van der Waals surface area contributed by atoms with Crippen molar-refractivity contribution in [2.24, 2.45) is 0 Å². The molecule has 0 heterocycles. The number of para-hydroxylation sites is 1. The highest BCUT2D eigenvalue weighted by Crippen LogP contribution is 2.30. The Morgan fingerprint density at radius 2 is 2.05 bits per heavy atom. The molecule has 1 atom stereocenters. The second kappa shape index (κ2) is 5.94. The minimum absolute atomic E-state index is 0.0183. The number of carbonyl (C=O) groups is 2. The number of benzene rings is 1. The van der Waals surface area contributed by atoms with Gasteiger partial charge in [0.2, 0.25) is 5.75 Å². The van der Waals surface area contributed by atoms with Crippen LogP contribution < -0.4 is 10.1 Å². The van der Waals surface area contributed by atoms with Crippen LogP contribution in [0, 0.1) is 10.1 Å². The van der Waals surface area contributed by atoms with Gasteiger partial charge >= 0.3 is 5.69 Å². The van der Waals surface area contributed by atoms with Gasteiger partial charge in [0.15, 0.2) is 5.78 Å². The predicted molar refractivity (Wildman–Crippen MR) is 67.3 cm³/mol. The number of amides is 1. The molecule has 7 heteroatoms. The number of ketones is 1. The van der Waals surface area contributed by atoms with E-state index in [1.165, 1.54) is 39.2 Å². The van der Waals surface area contributed by atoms with Crippen LogP contribution in [0.3, 0.4) is 0 Å². The molecule has 1 amide bonds. The third kappa shape index (κ3) is 3.27. The molecule has 0 aliphatic carbocycles. The van der Waals surface area contributed by atoms with Crippen molar-refractivity contribution in [3.05, 3.63) is 33.9 Å². The molecule has 0 spiro atoms. The Kier molecular flexibility index (Phi) is 4.57. The largest absolute Gasteiger partial charge is 0.490 e. The van der Waals surface area contributed by atoms with Crippen molar-refractivity contribution in [1.29, 1.82) is 0 Å². The van der Waals surface area contributed by atoms with Gasteiger partial charge in [-0.15, -0.1) is 0 Å². The van der Waals surface area contributed by atoms with Gasteiger partial charge in [0.1, 0.15) is 0 Å². The average molecular weight is 266 g/mol. The Morgan fingerprint density at radius 3 is 2.53 bits per heavy atom. The molecule has 1 aromatic carbocycles. The molecule has 0 aromatic heterocycles. The number of rotatable bonds is 5. The molecule has 0 saturated carbocycles. The van der Waals surface area contributed by atoms with Gasteiger partial charge in [-0.1, -0.05) is 6.07 Å². The second-order valence-electron chi connectivity index (χ2n) is 3.92. The quantitative estimate of drug-likeness (QED) is 0.640. The third-order valence-corrected chi connectivity index (χ3v) is 2.60. The predicted octanol–water partition coefficient (Wildman–Crippen LogP) is 1.31. The molecule has 19 heavy (non-hydrogen) atoms. The summed E-state index contributed by atoms with van der Waals surface area (Å²) in [6, 6.07) is 3.35. The van der Waals surface area contributed by atoms with Crippen LogP contribution in [-0.4, -0.2) is 29.8 Å². The van der Waals surface area contributed by atoms with Crippen LogP contribution in [0.5, 0.6) is 5.75 Å². The maximum absolute atomic E-state index is 11.9. The number of nitrogens with zero attached hydrogens (tertiary/aromatic N) is 1. The summed E-state index contributed by atoms with van der Waals surface area (Å²) < 4.78 is 4.91. The van der Waals surface area contributed by atoms with Gasteiger partial charge < -0.3 is 10.1 Å². The lowest BCUT2D eigenvalue weighted by molar-refractivity contribution is -0.385. The Balaban J connectivity index is 3.13. The average Bonchev–Trinajstić information content (AvgIpc) is 2.37. The van der Waals surface area contributed by atoms with Crippen LogP contribution in [-0.2, 0) is 4.79 Å². The molecule has 0 aliphatic rings. The van der Waals surface area contributed by atoms with E-state index >= 15 is 0 Å². The summed E-state index contributed by atoms with van der Waals surface area (Å²) in [7, 11) is 1.24. The first-order valence-electron chi connectivity index (χ1n) is 5.51. The minimum atomic E-state index is -0.670. The number of hydrogen-bond acceptors (Lipinski definition) is 5. The van der Waals surface area contributed by atoms with E-state index in [0.29, 0.717) is 0 Å². The van der Waals surface area contributed by atoms with Crippen LogP contribution in [0.1, 0.15) is 24.2 Å². The second-order valence-corrected chi connectivity index (χ2v) is 3.92. The van der Waals surface area contributed by atoms with Crippen LogP contribution in [0.4, 0.5) is 5.69 Å². The van der Waals surface area contributed by atoms with Gasteiger partial charge in [-0.25, -0.2) is 0 Å². The van der Waals surface area contributed by atoms with E-state index in [2.05, 4.69) is 5.32 Å². The highest BCUT2D eigenvalue weighted by Gasteiger charge is 2.23. The van der Waals surface area contributed by atoms with E-state index in [1.807, 2.05) is 0 Å². The Labute approximate surface area is 109 Å². The van der Waals surface area contributed by atoms with Crippen molar-refractivity contribution in [2.75, 3.05) is 7.11 Å². The summed E-state index contributed by atoms with van der Waals surface area (Å²) in [5.74, 6) is -0.929. The van der Waals surface area contributed by atoms with Crippen molar-refractivity contribution in [3.63, 3.8) is 0 Å². The Morgan fingerprint density at radius 1 is 1.42 bits per heavy atom. The smallest absolute Gasteiger partial charge is 0.311 e. The summed E-state index contributed by atoms with van der Waals surface area (Å²) >= 11 is 0. The first kappa shape index (κ1) is 14.6. The summed E-state index contributed by atoms with van der Waals surface area (Å²) in [5.41, 5.74) is -0.282. The lowest BCUT2D eigenvalue weighted by atomic mass is 10.1. The number of nitrogens with one attached hydrogen (secondary N) is 1. The maximum atomic E-state index is 11.9. The van der Waals surface area contributed by atoms with Gasteiger partial charge in [-0.3, -0.25) is 19.7 Å². The maximum Gasteiger partial charge on any atom is 0.311 e. The molecular weight excluding hydrogens is 252 g/mol. The van der Waals surface area contributed by atoms with E-state index in [9.17, 15) is 19.7 Å². The molecule has 0 fully saturated rings. The molecule has 0 saturated heterocycles. The fourth-order valence-corrected chi connectivity index (χ4v) is 1.44. The molecule has 0 aliphatic heterocycles. The Bertz CT molecular complexity index is 527. The zero-order chi connectivity index (χ0) is 14.6.